The molecule has 0 aliphatic carbocycles. The van der Waals surface area contributed by atoms with Gasteiger partial charge in [0.15, 0.2) is 0 Å². The van der Waals surface area contributed by atoms with Gasteiger partial charge in [-0.05, 0) is 54.7 Å². The topological polar surface area (TPSA) is 95.0 Å². The highest BCUT2D eigenvalue weighted by molar-refractivity contribution is 7.89. The molecule has 8 heteroatoms. The fraction of sp³-hybridized carbons (Fsp3) is 0.364. The number of amides is 1. The monoisotopic (exact) mass is 430 g/mol. The average Bonchev–Trinajstić information content (AvgIpc) is 2.72. The van der Waals surface area contributed by atoms with E-state index in [0.717, 1.165) is 6.42 Å². The van der Waals surface area contributed by atoms with Crippen molar-refractivity contribution in [3.05, 3.63) is 59.7 Å². The number of para-hydroxylation sites is 1. The summed E-state index contributed by atoms with van der Waals surface area (Å²) < 4.78 is 27.5. The Labute approximate surface area is 177 Å². The van der Waals surface area contributed by atoms with E-state index in [1.165, 1.54) is 46.6 Å². The molecule has 1 aliphatic rings. The number of anilines is 1. The van der Waals surface area contributed by atoms with Gasteiger partial charge in [0.25, 0.3) is 5.91 Å². The van der Waals surface area contributed by atoms with Gasteiger partial charge in [-0.25, -0.2) is 13.2 Å². The van der Waals surface area contributed by atoms with Gasteiger partial charge >= 0.3 is 5.97 Å². The number of carboxylic acid groups (broad SMARTS) is 1. The van der Waals surface area contributed by atoms with Gasteiger partial charge < -0.3 is 10.0 Å². The number of hydrogen-bond donors (Lipinski definition) is 1. The predicted octanol–water partition coefficient (Wildman–Crippen LogP) is 3.33. The summed E-state index contributed by atoms with van der Waals surface area (Å²) in [7, 11) is -2.14. The Balaban J connectivity index is 1.83. The maximum absolute atomic E-state index is 13.0. The first-order valence-corrected chi connectivity index (χ1v) is 11.3. The molecule has 1 fully saturated rings. The van der Waals surface area contributed by atoms with Crippen LogP contribution in [0.4, 0.5) is 5.69 Å². The van der Waals surface area contributed by atoms with Crippen molar-refractivity contribution >= 4 is 27.6 Å². The zero-order valence-electron chi connectivity index (χ0n) is 17.3. The molecule has 0 spiro atoms. The van der Waals surface area contributed by atoms with E-state index in [-0.39, 0.29) is 21.7 Å². The van der Waals surface area contributed by atoms with E-state index in [1.807, 2.05) is 13.8 Å². The molecule has 1 N–H and O–H groups in total. The van der Waals surface area contributed by atoms with Crippen LogP contribution in [-0.4, -0.2) is 49.8 Å². The van der Waals surface area contributed by atoms with E-state index < -0.39 is 21.9 Å². The molecule has 2 aromatic carbocycles. The van der Waals surface area contributed by atoms with Crippen LogP contribution >= 0.6 is 0 Å². The van der Waals surface area contributed by atoms with Crippen molar-refractivity contribution in [3.8, 4) is 0 Å². The lowest BCUT2D eigenvalue weighted by Crippen LogP contribution is -2.42. The summed E-state index contributed by atoms with van der Waals surface area (Å²) >= 11 is 0. The number of carbonyl (C=O) groups excluding carboxylic acids is 1. The highest BCUT2D eigenvalue weighted by Crippen LogP contribution is 2.27. The molecule has 2 aromatic rings. The maximum atomic E-state index is 13.0. The van der Waals surface area contributed by atoms with Crippen LogP contribution in [0.2, 0.25) is 0 Å². The third-order valence-corrected chi connectivity index (χ3v) is 7.22. The minimum absolute atomic E-state index is 0.0147. The summed E-state index contributed by atoms with van der Waals surface area (Å²) in [4.78, 5) is 25.7. The molecule has 1 heterocycles. The summed E-state index contributed by atoms with van der Waals surface area (Å²) in [6.45, 7) is 5.07. The van der Waals surface area contributed by atoms with Gasteiger partial charge in [-0.3, -0.25) is 4.79 Å². The summed E-state index contributed by atoms with van der Waals surface area (Å²) in [5.41, 5.74) is 0.556. The highest BCUT2D eigenvalue weighted by Gasteiger charge is 2.31. The Hall–Kier alpha value is -2.71. The van der Waals surface area contributed by atoms with Gasteiger partial charge in [-0.1, -0.05) is 26.0 Å². The second-order valence-corrected chi connectivity index (χ2v) is 9.92. The SMILES string of the molecule is C[C@@H]1C[C@@H](C)CN(S(=O)(=O)c2ccc(C(=O)N(C)c3ccccc3C(=O)O)cc2)C1. The minimum Gasteiger partial charge on any atom is -0.478 e. The molecule has 160 valence electrons. The number of hydrogen-bond acceptors (Lipinski definition) is 4. The summed E-state index contributed by atoms with van der Waals surface area (Å²) in [5.74, 6) is -0.954. The lowest BCUT2D eigenvalue weighted by Gasteiger charge is -2.34. The normalized spacial score (nSPS) is 20.0. The fourth-order valence-electron chi connectivity index (χ4n) is 3.97. The predicted molar refractivity (Wildman–Crippen MR) is 114 cm³/mol. The summed E-state index contributed by atoms with van der Waals surface area (Å²) in [6, 6.07) is 12.0. The zero-order chi connectivity index (χ0) is 22.1. The number of benzene rings is 2. The first-order valence-electron chi connectivity index (χ1n) is 9.82. The number of sulfonamides is 1. The van der Waals surface area contributed by atoms with Crippen LogP contribution in [0.15, 0.2) is 53.4 Å². The van der Waals surface area contributed by atoms with Crippen LogP contribution in [0.1, 0.15) is 41.0 Å². The van der Waals surface area contributed by atoms with Crippen LogP contribution in [0.3, 0.4) is 0 Å². The molecule has 30 heavy (non-hydrogen) atoms. The molecule has 0 radical (unpaired) electrons. The average molecular weight is 431 g/mol. The van der Waals surface area contributed by atoms with Gasteiger partial charge in [-0.2, -0.15) is 4.31 Å². The Bertz CT molecular complexity index is 1040. The highest BCUT2D eigenvalue weighted by atomic mass is 32.2. The van der Waals surface area contributed by atoms with Crippen molar-refractivity contribution in [3.63, 3.8) is 0 Å². The first kappa shape index (κ1) is 22.0. The van der Waals surface area contributed by atoms with E-state index in [2.05, 4.69) is 0 Å². The molecule has 0 aromatic heterocycles. The third-order valence-electron chi connectivity index (χ3n) is 5.37. The van der Waals surface area contributed by atoms with Crippen molar-refractivity contribution in [2.45, 2.75) is 25.2 Å². The largest absolute Gasteiger partial charge is 0.478 e. The molecule has 2 atom stereocenters. The second kappa shape index (κ2) is 8.57. The van der Waals surface area contributed by atoms with E-state index in [9.17, 15) is 23.1 Å². The Kier molecular flexibility index (Phi) is 6.28. The van der Waals surface area contributed by atoms with Gasteiger partial charge in [0, 0.05) is 25.7 Å². The summed E-state index contributed by atoms with van der Waals surface area (Å²) in [6.07, 6.45) is 1.00. The number of carbonyl (C=O) groups is 2. The van der Waals surface area contributed by atoms with Crippen molar-refractivity contribution in [1.82, 2.24) is 4.31 Å². The van der Waals surface area contributed by atoms with Crippen molar-refractivity contribution in [2.24, 2.45) is 11.8 Å². The van der Waals surface area contributed by atoms with Crippen molar-refractivity contribution in [2.75, 3.05) is 25.0 Å². The zero-order valence-corrected chi connectivity index (χ0v) is 18.1. The number of nitrogens with zero attached hydrogens (tertiary/aromatic N) is 2. The quantitative estimate of drug-likeness (QED) is 0.785. The number of aromatic carboxylic acids is 1. The van der Waals surface area contributed by atoms with Crippen LogP contribution in [0, 0.1) is 11.8 Å². The molecule has 1 saturated heterocycles. The first-order chi connectivity index (χ1) is 14.1. The van der Waals surface area contributed by atoms with E-state index >= 15 is 0 Å². The van der Waals surface area contributed by atoms with E-state index in [4.69, 9.17) is 0 Å². The molecule has 0 unspecified atom stereocenters. The van der Waals surface area contributed by atoms with Crippen molar-refractivity contribution < 1.29 is 23.1 Å². The smallest absolute Gasteiger partial charge is 0.337 e. The van der Waals surface area contributed by atoms with Crippen LogP contribution in [-0.2, 0) is 10.0 Å². The van der Waals surface area contributed by atoms with Gasteiger partial charge in [-0.15, -0.1) is 0 Å². The minimum atomic E-state index is -3.63. The van der Waals surface area contributed by atoms with Crippen LogP contribution in [0.25, 0.3) is 0 Å². The molecular weight excluding hydrogens is 404 g/mol. The molecule has 1 amide bonds. The molecule has 1 aliphatic heterocycles. The standard InChI is InChI=1S/C22H26N2O5S/c1-15-12-16(2)14-24(13-15)30(28,29)18-10-8-17(9-11-18)21(25)23(3)20-7-5-4-6-19(20)22(26)27/h4-11,15-16H,12-14H2,1-3H3,(H,26,27)/t15-,16-/m1/s1. The number of rotatable bonds is 5. The molecule has 3 rings (SSSR count). The van der Waals surface area contributed by atoms with Gasteiger partial charge in [0.05, 0.1) is 16.1 Å². The molecular formula is C22H26N2O5S. The maximum Gasteiger partial charge on any atom is 0.337 e. The third kappa shape index (κ3) is 4.39. The second-order valence-electron chi connectivity index (χ2n) is 7.98. The summed E-state index contributed by atoms with van der Waals surface area (Å²) in [5, 5.41) is 9.34. The molecule has 7 nitrogen and oxygen atoms in total. The molecule has 0 saturated carbocycles. The van der Waals surface area contributed by atoms with E-state index in [0.29, 0.717) is 24.9 Å². The Morgan fingerprint density at radius 2 is 1.57 bits per heavy atom. The number of piperidine rings is 1. The van der Waals surface area contributed by atoms with E-state index in [1.54, 1.807) is 18.2 Å². The molecule has 0 bridgehead atoms. The van der Waals surface area contributed by atoms with Gasteiger partial charge in [0.1, 0.15) is 0 Å². The van der Waals surface area contributed by atoms with Crippen LogP contribution < -0.4 is 4.90 Å². The fourth-order valence-corrected chi connectivity index (χ4v) is 5.65. The van der Waals surface area contributed by atoms with Crippen molar-refractivity contribution in [1.29, 1.82) is 0 Å². The van der Waals surface area contributed by atoms with Gasteiger partial charge in [0.2, 0.25) is 10.0 Å². The number of carboxylic acids is 1. The lowest BCUT2D eigenvalue weighted by molar-refractivity contribution is 0.0697. The van der Waals surface area contributed by atoms with Crippen LogP contribution in [0.5, 0.6) is 0 Å². The lowest BCUT2D eigenvalue weighted by atomic mass is 9.94. The Morgan fingerprint density at radius 3 is 2.13 bits per heavy atom. The Morgan fingerprint density at radius 1 is 1.00 bits per heavy atom.